The maximum absolute atomic E-state index is 7.42. The molecular weight excluding hydrogens is 856 g/mol. The van der Waals surface area contributed by atoms with E-state index in [0.717, 1.165) is 45.3 Å². The van der Waals surface area contributed by atoms with Crippen molar-refractivity contribution in [2.24, 2.45) is 0 Å². The molecular formula is C66H43ClN2. The minimum Gasteiger partial charge on any atom is -0.310 e. The predicted molar refractivity (Wildman–Crippen MR) is 297 cm³/mol. The largest absolute Gasteiger partial charge is 0.310 e. The number of fused-ring (bicyclic) bond motifs is 12. The van der Waals surface area contributed by atoms with Crippen molar-refractivity contribution in [2.75, 3.05) is 9.80 Å². The van der Waals surface area contributed by atoms with Crippen molar-refractivity contribution in [3.8, 4) is 22.3 Å². The van der Waals surface area contributed by atoms with Gasteiger partial charge in [0.05, 0.1) is 0 Å². The maximum atomic E-state index is 7.42. The lowest BCUT2D eigenvalue weighted by Crippen LogP contribution is -2.13. The van der Waals surface area contributed by atoms with Crippen LogP contribution in [0, 0.1) is 0 Å². The van der Waals surface area contributed by atoms with E-state index in [1.165, 1.54) is 75.8 Å². The Bertz CT molecular complexity index is 3740. The van der Waals surface area contributed by atoms with Crippen molar-refractivity contribution in [2.45, 2.75) is 0 Å². The Morgan fingerprint density at radius 1 is 0.188 bits per heavy atom. The third-order valence-corrected chi connectivity index (χ3v) is 14.0. The second-order valence-corrected chi connectivity index (χ2v) is 18.2. The van der Waals surface area contributed by atoms with Crippen molar-refractivity contribution >= 4 is 110 Å². The van der Waals surface area contributed by atoms with Crippen LogP contribution in [0.15, 0.2) is 261 Å². The van der Waals surface area contributed by atoms with E-state index in [1.54, 1.807) is 0 Å². The standard InChI is InChI=1S/C66H43ClN2/c67-48-39-53(68(49-31-27-46(28-32-49)44-15-3-1-4-16-44)51-35-37-63-59-23-9-7-19-55(59)57-21-11-13-25-61(57)65(63)42-51)41-54(40-48)69(50-33-29-47(30-34-50)45-17-5-2-6-18-45)52-36-38-64-60-24-10-8-20-56(60)58-22-12-14-26-62(58)66(64)43-52/h1-43H. The van der Waals surface area contributed by atoms with Gasteiger partial charge < -0.3 is 9.80 Å². The van der Waals surface area contributed by atoms with Crippen molar-refractivity contribution in [3.63, 3.8) is 0 Å². The van der Waals surface area contributed by atoms with Crippen LogP contribution in [0.4, 0.5) is 34.1 Å². The van der Waals surface area contributed by atoms with Crippen LogP contribution in [-0.4, -0.2) is 0 Å². The highest BCUT2D eigenvalue weighted by Crippen LogP contribution is 2.46. The summed E-state index contributed by atoms with van der Waals surface area (Å²) in [6.45, 7) is 0. The Labute approximate surface area is 406 Å². The smallest absolute Gasteiger partial charge is 0.0497 e. The second-order valence-electron chi connectivity index (χ2n) is 17.8. The summed E-state index contributed by atoms with van der Waals surface area (Å²) in [5.74, 6) is 0. The summed E-state index contributed by atoms with van der Waals surface area (Å²) in [5, 5.41) is 15.4. The summed E-state index contributed by atoms with van der Waals surface area (Å²) in [7, 11) is 0. The average molecular weight is 900 g/mol. The monoisotopic (exact) mass is 898 g/mol. The molecule has 0 bridgehead atoms. The molecule has 0 atom stereocenters. The van der Waals surface area contributed by atoms with Gasteiger partial charge in [0, 0.05) is 39.1 Å². The van der Waals surface area contributed by atoms with Gasteiger partial charge in [-0.1, -0.05) is 206 Å². The van der Waals surface area contributed by atoms with Crippen LogP contribution in [0.5, 0.6) is 0 Å². The summed E-state index contributed by atoms with van der Waals surface area (Å²) in [6, 6.07) is 94.2. The van der Waals surface area contributed by atoms with E-state index in [9.17, 15) is 0 Å². The van der Waals surface area contributed by atoms with Gasteiger partial charge in [-0.15, -0.1) is 0 Å². The fourth-order valence-electron chi connectivity index (χ4n) is 10.6. The van der Waals surface area contributed by atoms with Crippen molar-refractivity contribution in [1.29, 1.82) is 0 Å². The Kier molecular flexibility index (Phi) is 9.92. The van der Waals surface area contributed by atoms with E-state index in [1.807, 2.05) is 0 Å². The van der Waals surface area contributed by atoms with Gasteiger partial charge in [0.2, 0.25) is 0 Å². The molecule has 324 valence electrons. The van der Waals surface area contributed by atoms with Crippen LogP contribution in [0.1, 0.15) is 0 Å². The molecule has 0 unspecified atom stereocenters. The summed E-state index contributed by atoms with van der Waals surface area (Å²) < 4.78 is 0. The number of anilines is 6. The van der Waals surface area contributed by atoms with Crippen molar-refractivity contribution in [3.05, 3.63) is 266 Å². The molecule has 0 aliphatic heterocycles. The second kappa shape index (κ2) is 16.9. The van der Waals surface area contributed by atoms with Crippen LogP contribution in [0.2, 0.25) is 5.02 Å². The zero-order valence-corrected chi connectivity index (χ0v) is 38.4. The number of benzene rings is 13. The number of hydrogen-bond acceptors (Lipinski definition) is 2. The van der Waals surface area contributed by atoms with E-state index < -0.39 is 0 Å². The molecule has 0 aliphatic rings. The quantitative estimate of drug-likeness (QED) is 0.140. The molecule has 0 spiro atoms. The highest BCUT2D eigenvalue weighted by molar-refractivity contribution is 6.31. The van der Waals surface area contributed by atoms with E-state index >= 15 is 0 Å². The first-order valence-corrected chi connectivity index (χ1v) is 23.9. The number of hydrogen-bond donors (Lipinski definition) is 0. The lowest BCUT2D eigenvalue weighted by molar-refractivity contribution is 1.25. The van der Waals surface area contributed by atoms with Gasteiger partial charge in [-0.25, -0.2) is 0 Å². The van der Waals surface area contributed by atoms with Gasteiger partial charge in [-0.05, 0) is 154 Å². The molecule has 13 aromatic rings. The number of rotatable bonds is 8. The van der Waals surface area contributed by atoms with E-state index in [-0.39, 0.29) is 0 Å². The molecule has 2 nitrogen and oxygen atoms in total. The van der Waals surface area contributed by atoms with Gasteiger partial charge >= 0.3 is 0 Å². The molecule has 0 fully saturated rings. The molecule has 0 radical (unpaired) electrons. The Balaban J connectivity index is 1.03. The molecule has 3 heteroatoms. The molecule has 0 aromatic heterocycles. The highest BCUT2D eigenvalue weighted by Gasteiger charge is 2.21. The molecule has 13 rings (SSSR count). The average Bonchev–Trinajstić information content (AvgIpc) is 3.42. The van der Waals surface area contributed by atoms with Crippen LogP contribution < -0.4 is 9.80 Å². The lowest BCUT2D eigenvalue weighted by Gasteiger charge is -2.30. The molecule has 0 heterocycles. The van der Waals surface area contributed by atoms with E-state index in [4.69, 9.17) is 11.6 Å². The van der Waals surface area contributed by atoms with Crippen LogP contribution in [0.3, 0.4) is 0 Å². The minimum absolute atomic E-state index is 0.633. The number of nitrogens with zero attached hydrogens (tertiary/aromatic N) is 2. The van der Waals surface area contributed by atoms with Crippen LogP contribution in [0.25, 0.3) is 86.9 Å². The number of halogens is 1. The van der Waals surface area contributed by atoms with Gasteiger partial charge in [-0.2, -0.15) is 0 Å². The van der Waals surface area contributed by atoms with Gasteiger partial charge in [0.1, 0.15) is 0 Å². The highest BCUT2D eigenvalue weighted by atomic mass is 35.5. The van der Waals surface area contributed by atoms with Crippen molar-refractivity contribution in [1.82, 2.24) is 0 Å². The fraction of sp³-hybridized carbons (Fsp3) is 0. The van der Waals surface area contributed by atoms with E-state index in [0.29, 0.717) is 5.02 Å². The molecule has 0 aliphatic carbocycles. The summed E-state index contributed by atoms with van der Waals surface area (Å²) >= 11 is 7.42. The first kappa shape index (κ1) is 40.6. The van der Waals surface area contributed by atoms with Crippen LogP contribution in [-0.2, 0) is 0 Å². The minimum atomic E-state index is 0.633. The summed E-state index contributed by atoms with van der Waals surface area (Å²) in [5.41, 5.74) is 10.7. The third kappa shape index (κ3) is 7.13. The molecule has 0 saturated heterocycles. The SMILES string of the molecule is Clc1cc(N(c2ccc(-c3ccccc3)cc2)c2ccc3c4ccccc4c4ccccc4c3c2)cc(N(c2ccc(-c3ccccc3)cc2)c2ccc3c4ccccc4c4ccccc4c3c2)c1. The zero-order valence-electron chi connectivity index (χ0n) is 37.6. The van der Waals surface area contributed by atoms with Crippen LogP contribution >= 0.6 is 11.6 Å². The van der Waals surface area contributed by atoms with E-state index in [2.05, 4.69) is 271 Å². The van der Waals surface area contributed by atoms with Gasteiger partial charge in [-0.3, -0.25) is 0 Å². The fourth-order valence-corrected chi connectivity index (χ4v) is 10.9. The predicted octanol–water partition coefficient (Wildman–Crippen LogP) is 19.5. The van der Waals surface area contributed by atoms with Gasteiger partial charge in [0.15, 0.2) is 0 Å². The first-order valence-electron chi connectivity index (χ1n) is 23.5. The molecule has 13 aromatic carbocycles. The Hall–Kier alpha value is -8.69. The molecule has 0 amide bonds. The molecule has 0 N–H and O–H groups in total. The zero-order chi connectivity index (χ0) is 45.8. The molecule has 0 saturated carbocycles. The Morgan fingerprint density at radius 2 is 0.449 bits per heavy atom. The lowest BCUT2D eigenvalue weighted by atomic mass is 9.94. The maximum Gasteiger partial charge on any atom is 0.0497 e. The topological polar surface area (TPSA) is 6.48 Å². The Morgan fingerprint density at radius 3 is 0.783 bits per heavy atom. The summed E-state index contributed by atoms with van der Waals surface area (Å²) in [6.07, 6.45) is 0. The van der Waals surface area contributed by atoms with Gasteiger partial charge in [0.25, 0.3) is 0 Å². The normalized spacial score (nSPS) is 11.6. The third-order valence-electron chi connectivity index (χ3n) is 13.8. The summed E-state index contributed by atoms with van der Waals surface area (Å²) in [4.78, 5) is 4.70. The molecule has 69 heavy (non-hydrogen) atoms. The first-order chi connectivity index (χ1) is 34.1. The van der Waals surface area contributed by atoms with Crippen molar-refractivity contribution < 1.29 is 0 Å².